The zero-order valence-corrected chi connectivity index (χ0v) is 8.43. The largest absolute Gasteiger partial charge is 0.477 e. The number of aromatic carboxylic acids is 1. The quantitative estimate of drug-likeness (QED) is 0.228. The van der Waals surface area contributed by atoms with Crippen molar-refractivity contribution < 1.29 is 27.5 Å². The Bertz CT molecular complexity index is 515. The van der Waals surface area contributed by atoms with Crippen LogP contribution in [0.3, 0.4) is 0 Å². The van der Waals surface area contributed by atoms with E-state index in [0.29, 0.717) is 0 Å². The monoisotopic (exact) mass is 267 g/mol. The lowest BCUT2D eigenvalue weighted by molar-refractivity contribution is 0.0683. The lowest BCUT2D eigenvalue weighted by Crippen LogP contribution is -2.10. The summed E-state index contributed by atoms with van der Waals surface area (Å²) < 4.78 is 55.1. The summed E-state index contributed by atoms with van der Waals surface area (Å²) in [4.78, 5) is 11.2. The highest BCUT2D eigenvalue weighted by Crippen LogP contribution is 2.32. The molecule has 0 fully saturated rings. The van der Waals surface area contributed by atoms with Crippen molar-refractivity contribution >= 4 is 17.9 Å². The molecule has 0 bridgehead atoms. The predicted octanol–water partition coefficient (Wildman–Crippen LogP) is 3.26. The number of nitrogens with zero attached hydrogens (tertiary/aromatic N) is 3. The average molecular weight is 267 g/mol. The van der Waals surface area contributed by atoms with Gasteiger partial charge in [-0.1, -0.05) is 0 Å². The lowest BCUT2D eigenvalue weighted by atomic mass is 10.2. The van der Waals surface area contributed by atoms with Crippen LogP contribution in [0.15, 0.2) is 9.42 Å². The van der Waals surface area contributed by atoms with Crippen LogP contribution in [0.4, 0.5) is 17.6 Å². The average Bonchev–Trinajstić information content (AvgIpc) is 2.26. The molecule has 10 heteroatoms. The SMILES string of the molecule is [N-]=[N+]=NSc1c(F)c(F)c(C(=O)O)c(F)c1F. The van der Waals surface area contributed by atoms with E-state index in [1.165, 1.54) is 0 Å². The van der Waals surface area contributed by atoms with E-state index >= 15 is 0 Å². The minimum Gasteiger partial charge on any atom is -0.477 e. The number of carbonyl (C=O) groups is 1. The maximum atomic E-state index is 13.1. The zero-order chi connectivity index (χ0) is 13.2. The third kappa shape index (κ3) is 2.27. The van der Waals surface area contributed by atoms with Crippen molar-refractivity contribution in [3.05, 3.63) is 39.3 Å². The molecule has 0 amide bonds. The molecule has 0 aromatic heterocycles. The van der Waals surface area contributed by atoms with Crippen molar-refractivity contribution in [2.24, 2.45) is 4.52 Å². The van der Waals surface area contributed by atoms with E-state index in [1.807, 2.05) is 0 Å². The Morgan fingerprint density at radius 2 is 1.65 bits per heavy atom. The molecule has 0 saturated carbocycles. The van der Waals surface area contributed by atoms with Crippen molar-refractivity contribution in [2.45, 2.75) is 4.90 Å². The summed E-state index contributed by atoms with van der Waals surface area (Å²) in [6.45, 7) is 0. The van der Waals surface area contributed by atoms with Crippen LogP contribution in [-0.2, 0) is 0 Å². The van der Waals surface area contributed by atoms with Crippen LogP contribution in [0, 0.1) is 23.3 Å². The molecule has 1 N–H and O–H groups in total. The standard InChI is InChI=1S/C7HF4N3O2S/c8-2-1(7(15)16)3(9)5(11)6(4(2)10)17-14-13-12/h(H,15,16). The molecule has 0 spiro atoms. The number of carboxylic acid groups (broad SMARTS) is 1. The first-order valence-corrected chi connectivity index (χ1v) is 4.49. The number of hydrogen-bond donors (Lipinski definition) is 1. The highest BCUT2D eigenvalue weighted by atomic mass is 32.2. The third-order valence-electron chi connectivity index (χ3n) is 1.61. The Morgan fingerprint density at radius 3 is 2.00 bits per heavy atom. The Labute approximate surface area is 94.8 Å². The Balaban J connectivity index is 3.57. The molecule has 0 radical (unpaired) electrons. The van der Waals surface area contributed by atoms with E-state index in [-0.39, 0.29) is 11.9 Å². The van der Waals surface area contributed by atoms with Gasteiger partial charge in [0.1, 0.15) is 5.56 Å². The first kappa shape index (κ1) is 13.1. The fraction of sp³-hybridized carbons (Fsp3) is 0. The van der Waals surface area contributed by atoms with Gasteiger partial charge in [0, 0.05) is 4.91 Å². The summed E-state index contributed by atoms with van der Waals surface area (Å²) >= 11 is -0.192. The van der Waals surface area contributed by atoms with Crippen molar-refractivity contribution in [3.63, 3.8) is 0 Å². The molecule has 0 atom stereocenters. The molecule has 0 aliphatic rings. The minimum absolute atomic E-state index is 0.192. The molecule has 1 aromatic rings. The normalized spacial score (nSPS) is 9.88. The molecule has 0 aliphatic heterocycles. The van der Waals surface area contributed by atoms with Gasteiger partial charge in [-0.05, 0) is 22.0 Å². The summed E-state index contributed by atoms with van der Waals surface area (Å²) in [6.07, 6.45) is 0. The van der Waals surface area contributed by atoms with Gasteiger partial charge in [0.15, 0.2) is 23.3 Å². The summed E-state index contributed by atoms with van der Waals surface area (Å²) in [5.41, 5.74) is 6.16. The van der Waals surface area contributed by atoms with Crippen molar-refractivity contribution in [2.75, 3.05) is 0 Å². The first-order chi connectivity index (χ1) is 7.91. The summed E-state index contributed by atoms with van der Waals surface area (Å²) in [5, 5.41) is 8.36. The van der Waals surface area contributed by atoms with Gasteiger partial charge in [0.2, 0.25) is 0 Å². The molecule has 0 aliphatic carbocycles. The molecular weight excluding hydrogens is 266 g/mol. The van der Waals surface area contributed by atoms with Gasteiger partial charge in [-0.2, -0.15) is 0 Å². The highest BCUT2D eigenvalue weighted by Gasteiger charge is 2.29. The second kappa shape index (κ2) is 4.93. The molecular formula is C7HF4N3O2S. The number of rotatable bonds is 3. The van der Waals surface area contributed by atoms with Gasteiger partial charge in [0.25, 0.3) is 0 Å². The smallest absolute Gasteiger partial charge is 0.341 e. The maximum absolute atomic E-state index is 13.1. The maximum Gasteiger partial charge on any atom is 0.341 e. The first-order valence-electron chi connectivity index (χ1n) is 3.72. The predicted molar refractivity (Wildman–Crippen MR) is 48.2 cm³/mol. The number of azide groups is 1. The molecule has 90 valence electrons. The van der Waals surface area contributed by atoms with Crippen LogP contribution >= 0.6 is 11.9 Å². The summed E-state index contributed by atoms with van der Waals surface area (Å²) in [7, 11) is 0. The van der Waals surface area contributed by atoms with Crippen molar-refractivity contribution in [1.29, 1.82) is 0 Å². The van der Waals surface area contributed by atoms with Gasteiger partial charge in [-0.15, -0.1) is 0 Å². The van der Waals surface area contributed by atoms with E-state index in [4.69, 9.17) is 10.6 Å². The van der Waals surface area contributed by atoms with Crippen LogP contribution in [0.5, 0.6) is 0 Å². The van der Waals surface area contributed by atoms with E-state index in [0.717, 1.165) is 0 Å². The molecule has 0 saturated heterocycles. The molecule has 0 heterocycles. The van der Waals surface area contributed by atoms with Crippen LogP contribution in [-0.4, -0.2) is 11.1 Å². The number of carboxylic acids is 1. The van der Waals surface area contributed by atoms with Gasteiger partial charge in [-0.25, -0.2) is 22.4 Å². The fourth-order valence-corrected chi connectivity index (χ4v) is 1.40. The van der Waals surface area contributed by atoms with Crippen LogP contribution < -0.4 is 0 Å². The second-order valence-corrected chi connectivity index (χ2v) is 3.28. The Hall–Kier alpha value is -1.93. The molecule has 1 rings (SSSR count). The van der Waals surface area contributed by atoms with E-state index in [1.54, 1.807) is 0 Å². The Morgan fingerprint density at radius 1 is 1.18 bits per heavy atom. The van der Waals surface area contributed by atoms with E-state index < -0.39 is 39.7 Å². The van der Waals surface area contributed by atoms with E-state index in [9.17, 15) is 22.4 Å². The topological polar surface area (TPSA) is 86.1 Å². The van der Waals surface area contributed by atoms with Crippen molar-refractivity contribution in [1.82, 2.24) is 0 Å². The third-order valence-corrected chi connectivity index (χ3v) is 2.30. The van der Waals surface area contributed by atoms with Gasteiger partial charge >= 0.3 is 5.97 Å². The van der Waals surface area contributed by atoms with Gasteiger partial charge in [0.05, 0.1) is 4.90 Å². The summed E-state index contributed by atoms with van der Waals surface area (Å²) in [6, 6.07) is 0. The summed E-state index contributed by atoms with van der Waals surface area (Å²) in [5.74, 6) is -10.1. The molecule has 0 unspecified atom stereocenters. The molecule has 1 aromatic carbocycles. The van der Waals surface area contributed by atoms with Crippen molar-refractivity contribution in [3.8, 4) is 0 Å². The van der Waals surface area contributed by atoms with Crippen LogP contribution in [0.25, 0.3) is 10.4 Å². The van der Waals surface area contributed by atoms with Gasteiger partial charge in [-0.3, -0.25) is 0 Å². The Kier molecular flexibility index (Phi) is 3.81. The number of hydrogen-bond acceptors (Lipinski definition) is 3. The van der Waals surface area contributed by atoms with Crippen LogP contribution in [0.2, 0.25) is 0 Å². The fourth-order valence-electron chi connectivity index (χ4n) is 0.939. The highest BCUT2D eigenvalue weighted by molar-refractivity contribution is 7.98. The van der Waals surface area contributed by atoms with Gasteiger partial charge < -0.3 is 5.11 Å². The van der Waals surface area contributed by atoms with E-state index in [2.05, 4.69) is 9.43 Å². The molecule has 17 heavy (non-hydrogen) atoms. The lowest BCUT2D eigenvalue weighted by Gasteiger charge is -2.06. The number of halogens is 4. The minimum atomic E-state index is -2.15. The van der Waals surface area contributed by atoms with Crippen LogP contribution in [0.1, 0.15) is 10.4 Å². The second-order valence-electron chi connectivity index (χ2n) is 2.53. The zero-order valence-electron chi connectivity index (χ0n) is 7.62. The number of benzene rings is 1. The molecule has 5 nitrogen and oxygen atoms in total.